The van der Waals surface area contributed by atoms with Gasteiger partial charge in [-0.2, -0.15) is 0 Å². The van der Waals surface area contributed by atoms with Gasteiger partial charge in [-0.25, -0.2) is 4.68 Å². The van der Waals surface area contributed by atoms with Gasteiger partial charge in [-0.3, -0.25) is 5.41 Å². The van der Waals surface area contributed by atoms with Gasteiger partial charge in [0, 0.05) is 0 Å². The molecule has 7 nitrogen and oxygen atoms in total. The van der Waals surface area contributed by atoms with Crippen molar-refractivity contribution in [3.8, 4) is 5.69 Å². The number of hydrogen-bond donors (Lipinski definition) is 2. The van der Waals surface area contributed by atoms with Crippen molar-refractivity contribution in [1.29, 1.82) is 5.41 Å². The zero-order valence-corrected chi connectivity index (χ0v) is 19.9. The zero-order chi connectivity index (χ0) is 23.8. The van der Waals surface area contributed by atoms with Crippen molar-refractivity contribution in [2.24, 2.45) is 0 Å². The number of hydrogen-bond acceptors (Lipinski definition) is 4. The van der Waals surface area contributed by atoms with E-state index in [-0.39, 0.29) is 12.2 Å². The Labute approximate surface area is 205 Å². The van der Waals surface area contributed by atoms with Crippen LogP contribution in [0.3, 0.4) is 0 Å². The summed E-state index contributed by atoms with van der Waals surface area (Å²) in [4.78, 5) is 0. The average molecular weight is 493 g/mol. The fraction of sp³-hybridized carbons (Fsp3) is 0.160. The zero-order valence-electron chi connectivity index (χ0n) is 18.4. The predicted molar refractivity (Wildman–Crippen MR) is 132 cm³/mol. The van der Waals surface area contributed by atoms with Gasteiger partial charge in [0.15, 0.2) is 0 Å². The number of imidazole rings is 1. The maximum atomic E-state index is 10.9. The highest BCUT2D eigenvalue weighted by molar-refractivity contribution is 6.42. The third kappa shape index (κ3) is 4.25. The molecule has 0 aliphatic carbocycles. The van der Waals surface area contributed by atoms with Gasteiger partial charge in [-0.05, 0) is 54.4 Å². The molecule has 1 unspecified atom stereocenters. The lowest BCUT2D eigenvalue weighted by atomic mass is 10.1. The first-order chi connectivity index (χ1) is 16.4. The topological polar surface area (TPSA) is 84.7 Å². The molecular weight excluding hydrogens is 471 g/mol. The minimum atomic E-state index is -0.856. The number of aromatic nitrogens is 5. The number of benzene rings is 3. The molecule has 5 rings (SSSR count). The molecule has 0 aliphatic heterocycles. The summed E-state index contributed by atoms with van der Waals surface area (Å²) in [6.45, 7) is 2.60. The Hall–Kier alpha value is -3.39. The third-order valence-corrected chi connectivity index (χ3v) is 6.52. The Kier molecular flexibility index (Phi) is 6.00. The van der Waals surface area contributed by atoms with Crippen molar-refractivity contribution in [2.75, 3.05) is 0 Å². The summed E-state index contributed by atoms with van der Waals surface area (Å²) >= 11 is 12.1. The summed E-state index contributed by atoms with van der Waals surface area (Å²) < 4.78 is 5.38. The molecule has 9 heteroatoms. The van der Waals surface area contributed by atoms with Crippen molar-refractivity contribution in [3.05, 3.63) is 105 Å². The van der Waals surface area contributed by atoms with Crippen molar-refractivity contribution in [1.82, 2.24) is 24.1 Å². The molecule has 2 N–H and O–H groups in total. The van der Waals surface area contributed by atoms with Crippen molar-refractivity contribution in [3.63, 3.8) is 0 Å². The van der Waals surface area contributed by atoms with E-state index in [1.165, 1.54) is 0 Å². The van der Waals surface area contributed by atoms with Gasteiger partial charge in [-0.15, -0.1) is 5.10 Å². The molecule has 2 aromatic heterocycles. The van der Waals surface area contributed by atoms with E-state index >= 15 is 0 Å². The fourth-order valence-electron chi connectivity index (χ4n) is 4.07. The number of aryl methyl sites for hydroxylation is 1. The van der Waals surface area contributed by atoms with Crippen LogP contribution in [0.5, 0.6) is 0 Å². The molecule has 0 amide bonds. The van der Waals surface area contributed by atoms with Gasteiger partial charge < -0.3 is 14.2 Å². The first-order valence-corrected chi connectivity index (χ1v) is 11.5. The molecule has 3 aromatic carbocycles. The van der Waals surface area contributed by atoms with Crippen LogP contribution in [0.15, 0.2) is 72.9 Å². The first kappa shape index (κ1) is 22.4. The second-order valence-electron chi connectivity index (χ2n) is 8.19. The Morgan fingerprint density at radius 3 is 2.44 bits per heavy atom. The average Bonchev–Trinajstić information content (AvgIpc) is 3.40. The Morgan fingerprint density at radius 2 is 1.71 bits per heavy atom. The fourth-order valence-corrected chi connectivity index (χ4v) is 4.37. The molecular formula is C25H22Cl2N6O. The molecule has 2 heterocycles. The van der Waals surface area contributed by atoms with Gasteiger partial charge in [0.1, 0.15) is 5.69 Å². The summed E-state index contributed by atoms with van der Waals surface area (Å²) in [7, 11) is 0. The number of nitrogens with zero attached hydrogens (tertiary/aromatic N) is 5. The van der Waals surface area contributed by atoms with E-state index in [1.54, 1.807) is 27.4 Å². The Bertz CT molecular complexity index is 1550. The lowest BCUT2D eigenvalue weighted by molar-refractivity contribution is 0.155. The number of para-hydroxylation sites is 2. The van der Waals surface area contributed by atoms with Crippen LogP contribution >= 0.6 is 23.2 Å². The lowest BCUT2D eigenvalue weighted by Gasteiger charge is -2.13. The van der Waals surface area contributed by atoms with Crippen LogP contribution in [0.25, 0.3) is 16.7 Å². The van der Waals surface area contributed by atoms with Crippen molar-refractivity contribution < 1.29 is 5.11 Å². The highest BCUT2D eigenvalue weighted by Crippen LogP contribution is 2.27. The van der Waals surface area contributed by atoms with E-state index in [4.69, 9.17) is 28.6 Å². The van der Waals surface area contributed by atoms with Crippen LogP contribution < -0.4 is 5.62 Å². The van der Waals surface area contributed by atoms with Crippen LogP contribution in [0.2, 0.25) is 10.0 Å². The standard InChI is InChI=1S/C25H22Cl2N6O/c1-16-5-4-6-19(11-16)33-14-18(29-30-33)13-31-22-7-2-3-8-23(22)32(25(31)28)15-24(34)17-9-10-20(26)21(27)12-17/h2-12,14,24,28,34H,13,15H2,1H3. The van der Waals surface area contributed by atoms with Gasteiger partial charge in [-0.1, -0.05) is 58.7 Å². The van der Waals surface area contributed by atoms with Crippen LogP contribution in [0, 0.1) is 12.3 Å². The maximum Gasteiger partial charge on any atom is 0.203 e. The predicted octanol–water partition coefficient (Wildman–Crippen LogP) is 4.90. The number of aliphatic hydroxyl groups is 1. The minimum Gasteiger partial charge on any atom is -0.387 e. The number of rotatable bonds is 6. The Morgan fingerprint density at radius 1 is 0.941 bits per heavy atom. The second kappa shape index (κ2) is 9.10. The monoisotopic (exact) mass is 492 g/mol. The maximum absolute atomic E-state index is 10.9. The van der Waals surface area contributed by atoms with Crippen molar-refractivity contribution >= 4 is 34.2 Å². The molecule has 0 spiro atoms. The molecule has 0 fully saturated rings. The molecule has 0 saturated carbocycles. The molecule has 34 heavy (non-hydrogen) atoms. The van der Waals surface area contributed by atoms with E-state index in [2.05, 4.69) is 10.3 Å². The van der Waals surface area contributed by atoms with Crippen LogP contribution in [-0.4, -0.2) is 29.2 Å². The van der Waals surface area contributed by atoms with Crippen LogP contribution in [0.4, 0.5) is 0 Å². The van der Waals surface area contributed by atoms with Gasteiger partial charge in [0.05, 0.1) is 52.2 Å². The van der Waals surface area contributed by atoms with E-state index in [0.29, 0.717) is 22.2 Å². The molecule has 0 bridgehead atoms. The second-order valence-corrected chi connectivity index (χ2v) is 9.01. The molecule has 172 valence electrons. The number of fused-ring (bicyclic) bond motifs is 1. The summed E-state index contributed by atoms with van der Waals surface area (Å²) in [6.07, 6.45) is 1.02. The highest BCUT2D eigenvalue weighted by atomic mass is 35.5. The normalized spacial score (nSPS) is 12.4. The van der Waals surface area contributed by atoms with E-state index < -0.39 is 6.10 Å². The SMILES string of the molecule is Cc1cccc(-n2cc(Cn3c(=N)n(CC(O)c4ccc(Cl)c(Cl)c4)c4ccccc43)nn2)c1. The number of aliphatic hydroxyl groups excluding tert-OH is 1. The van der Waals surface area contributed by atoms with Crippen LogP contribution in [-0.2, 0) is 13.1 Å². The third-order valence-electron chi connectivity index (χ3n) is 5.79. The van der Waals surface area contributed by atoms with Crippen molar-refractivity contribution in [2.45, 2.75) is 26.1 Å². The van der Waals surface area contributed by atoms with E-state index in [9.17, 15) is 5.11 Å². The van der Waals surface area contributed by atoms with Gasteiger partial charge >= 0.3 is 0 Å². The first-order valence-electron chi connectivity index (χ1n) is 10.7. The molecule has 0 aliphatic rings. The summed E-state index contributed by atoms with van der Waals surface area (Å²) in [5, 5.41) is 29.2. The van der Waals surface area contributed by atoms with Gasteiger partial charge in [0.25, 0.3) is 0 Å². The lowest BCUT2D eigenvalue weighted by Crippen LogP contribution is -2.27. The van der Waals surface area contributed by atoms with Crippen LogP contribution in [0.1, 0.15) is 22.9 Å². The van der Waals surface area contributed by atoms with E-state index in [1.807, 2.05) is 66.2 Å². The Balaban J connectivity index is 1.48. The van der Waals surface area contributed by atoms with Gasteiger partial charge in [0.2, 0.25) is 5.62 Å². The minimum absolute atomic E-state index is 0.195. The summed E-state index contributed by atoms with van der Waals surface area (Å²) in [6, 6.07) is 20.8. The number of halogens is 2. The highest BCUT2D eigenvalue weighted by Gasteiger charge is 2.17. The largest absolute Gasteiger partial charge is 0.387 e. The van der Waals surface area contributed by atoms with E-state index in [0.717, 1.165) is 28.0 Å². The molecule has 0 saturated heterocycles. The molecule has 1 atom stereocenters. The smallest absolute Gasteiger partial charge is 0.203 e. The summed E-state index contributed by atoms with van der Waals surface area (Å²) in [5.41, 5.74) is 5.41. The summed E-state index contributed by atoms with van der Waals surface area (Å²) in [5.74, 6) is 0. The molecule has 5 aromatic rings. The molecule has 0 radical (unpaired) electrons. The quantitative estimate of drug-likeness (QED) is 0.353. The number of nitrogens with one attached hydrogen (secondary N) is 1.